The van der Waals surface area contributed by atoms with Crippen LogP contribution in [0, 0.1) is 0 Å². The number of hydroxylamine groups is 1. The Bertz CT molecular complexity index is 393. The fraction of sp³-hybridized carbons (Fsp3) is 0.500. The molecular weight excluding hydrogens is 226 g/mol. The van der Waals surface area contributed by atoms with Gasteiger partial charge in [0.1, 0.15) is 5.75 Å². The number of benzene rings is 1. The van der Waals surface area contributed by atoms with Crippen molar-refractivity contribution in [3.8, 4) is 5.75 Å². The van der Waals surface area contributed by atoms with E-state index in [1.807, 2.05) is 0 Å². The van der Waals surface area contributed by atoms with Gasteiger partial charge in [-0.2, -0.15) is 5.48 Å². The molecule has 0 bridgehead atoms. The minimum Gasteiger partial charge on any atom is -0.495 e. The summed E-state index contributed by atoms with van der Waals surface area (Å²) >= 11 is 6.34. The van der Waals surface area contributed by atoms with Crippen LogP contribution in [0.4, 0.5) is 0 Å². The van der Waals surface area contributed by atoms with Gasteiger partial charge in [0.05, 0.1) is 19.2 Å². The first-order chi connectivity index (χ1) is 7.77. The second-order valence-corrected chi connectivity index (χ2v) is 4.28. The second kappa shape index (κ2) is 5.04. The summed E-state index contributed by atoms with van der Waals surface area (Å²) < 4.78 is 5.37. The van der Waals surface area contributed by atoms with Crippen LogP contribution >= 0.6 is 11.6 Å². The van der Waals surface area contributed by atoms with E-state index in [0.29, 0.717) is 6.54 Å². The van der Waals surface area contributed by atoms with Crippen LogP contribution in [0.5, 0.6) is 5.75 Å². The summed E-state index contributed by atoms with van der Waals surface area (Å²) in [6.45, 7) is 0.604. The standard InChI is InChI=1S/C12H16ClNO2/c1-15-12-9(7-14-16-2)6-8-4-3-5-10(8)11(12)13/h6,14H,3-5,7H2,1-2H3. The van der Waals surface area contributed by atoms with Crippen molar-refractivity contribution in [1.82, 2.24) is 5.48 Å². The van der Waals surface area contributed by atoms with Gasteiger partial charge in [0, 0.05) is 12.1 Å². The third-order valence-electron chi connectivity index (χ3n) is 2.98. The van der Waals surface area contributed by atoms with Gasteiger partial charge < -0.3 is 9.57 Å². The van der Waals surface area contributed by atoms with E-state index in [-0.39, 0.29) is 0 Å². The summed E-state index contributed by atoms with van der Waals surface area (Å²) in [5.41, 5.74) is 6.47. The van der Waals surface area contributed by atoms with Crippen LogP contribution < -0.4 is 10.2 Å². The molecule has 3 nitrogen and oxygen atoms in total. The Balaban J connectivity index is 2.39. The lowest BCUT2D eigenvalue weighted by molar-refractivity contribution is 0.0861. The lowest BCUT2D eigenvalue weighted by Crippen LogP contribution is -2.12. The molecule has 0 amide bonds. The van der Waals surface area contributed by atoms with Gasteiger partial charge in [0.25, 0.3) is 0 Å². The molecule has 0 saturated heterocycles. The maximum absolute atomic E-state index is 6.34. The molecule has 1 aliphatic rings. The predicted octanol–water partition coefficient (Wildman–Crippen LogP) is 2.49. The summed E-state index contributed by atoms with van der Waals surface area (Å²) in [7, 11) is 3.25. The minimum atomic E-state index is 0.604. The smallest absolute Gasteiger partial charge is 0.142 e. The van der Waals surface area contributed by atoms with Crippen LogP contribution in [0.1, 0.15) is 23.1 Å². The molecule has 0 atom stereocenters. The molecule has 0 fully saturated rings. The van der Waals surface area contributed by atoms with E-state index in [0.717, 1.165) is 29.2 Å². The van der Waals surface area contributed by atoms with Crippen LogP contribution in [-0.4, -0.2) is 14.2 Å². The lowest BCUT2D eigenvalue weighted by atomic mass is 10.0. The topological polar surface area (TPSA) is 30.5 Å². The Labute approximate surface area is 101 Å². The van der Waals surface area contributed by atoms with Crippen molar-refractivity contribution in [2.45, 2.75) is 25.8 Å². The van der Waals surface area contributed by atoms with E-state index in [9.17, 15) is 0 Å². The van der Waals surface area contributed by atoms with Crippen molar-refractivity contribution in [2.75, 3.05) is 14.2 Å². The first-order valence-electron chi connectivity index (χ1n) is 5.41. The average Bonchev–Trinajstić information content (AvgIpc) is 2.75. The zero-order valence-electron chi connectivity index (χ0n) is 9.60. The van der Waals surface area contributed by atoms with Crippen molar-refractivity contribution in [3.63, 3.8) is 0 Å². The van der Waals surface area contributed by atoms with Gasteiger partial charge >= 0.3 is 0 Å². The monoisotopic (exact) mass is 241 g/mol. The van der Waals surface area contributed by atoms with E-state index < -0.39 is 0 Å². The Morgan fingerprint density at radius 3 is 2.88 bits per heavy atom. The van der Waals surface area contributed by atoms with Gasteiger partial charge in [-0.3, -0.25) is 0 Å². The van der Waals surface area contributed by atoms with Crippen molar-refractivity contribution < 1.29 is 9.57 Å². The molecule has 0 saturated carbocycles. The highest BCUT2D eigenvalue weighted by molar-refractivity contribution is 6.33. The predicted molar refractivity (Wildman–Crippen MR) is 63.9 cm³/mol. The number of hydrogen-bond acceptors (Lipinski definition) is 3. The molecule has 0 heterocycles. The molecule has 88 valence electrons. The van der Waals surface area contributed by atoms with Crippen LogP contribution in [0.15, 0.2) is 6.07 Å². The number of ether oxygens (including phenoxy) is 1. The number of aryl methyl sites for hydroxylation is 1. The van der Waals surface area contributed by atoms with Crippen molar-refractivity contribution in [2.24, 2.45) is 0 Å². The maximum Gasteiger partial charge on any atom is 0.142 e. The number of rotatable bonds is 4. The molecule has 1 aromatic rings. The Morgan fingerprint density at radius 2 is 2.19 bits per heavy atom. The van der Waals surface area contributed by atoms with Gasteiger partial charge in [0.15, 0.2) is 0 Å². The van der Waals surface area contributed by atoms with E-state index >= 15 is 0 Å². The average molecular weight is 242 g/mol. The number of hydrogen-bond donors (Lipinski definition) is 1. The van der Waals surface area contributed by atoms with Gasteiger partial charge in [-0.05, 0) is 30.4 Å². The molecule has 2 rings (SSSR count). The summed E-state index contributed by atoms with van der Waals surface area (Å²) in [6, 6.07) is 2.17. The third kappa shape index (κ3) is 2.03. The zero-order chi connectivity index (χ0) is 11.5. The maximum atomic E-state index is 6.34. The first kappa shape index (κ1) is 11.7. The normalized spacial score (nSPS) is 13.9. The highest BCUT2D eigenvalue weighted by Crippen LogP contribution is 2.38. The molecule has 0 unspecified atom stereocenters. The third-order valence-corrected chi connectivity index (χ3v) is 3.38. The summed E-state index contributed by atoms with van der Waals surface area (Å²) in [5, 5.41) is 0.769. The number of halogens is 1. The van der Waals surface area contributed by atoms with Crippen LogP contribution in [-0.2, 0) is 24.2 Å². The van der Waals surface area contributed by atoms with Gasteiger partial charge in [-0.25, -0.2) is 0 Å². The van der Waals surface area contributed by atoms with Crippen LogP contribution in [0.2, 0.25) is 5.02 Å². The van der Waals surface area contributed by atoms with E-state index in [1.165, 1.54) is 17.5 Å². The molecule has 16 heavy (non-hydrogen) atoms. The molecule has 0 spiro atoms. The summed E-state index contributed by atoms with van der Waals surface area (Å²) in [4.78, 5) is 4.86. The second-order valence-electron chi connectivity index (χ2n) is 3.90. The molecule has 1 N–H and O–H groups in total. The number of fused-ring (bicyclic) bond motifs is 1. The van der Waals surface area contributed by atoms with Gasteiger partial charge in [-0.1, -0.05) is 17.7 Å². The molecule has 1 aromatic carbocycles. The first-order valence-corrected chi connectivity index (χ1v) is 5.78. The molecular formula is C12H16ClNO2. The zero-order valence-corrected chi connectivity index (χ0v) is 10.4. The van der Waals surface area contributed by atoms with E-state index in [4.69, 9.17) is 21.2 Å². The Morgan fingerprint density at radius 1 is 1.38 bits per heavy atom. The fourth-order valence-corrected chi connectivity index (χ4v) is 2.65. The largest absolute Gasteiger partial charge is 0.495 e. The van der Waals surface area contributed by atoms with Gasteiger partial charge in [-0.15, -0.1) is 0 Å². The van der Waals surface area contributed by atoms with Crippen molar-refractivity contribution in [1.29, 1.82) is 0 Å². The van der Waals surface area contributed by atoms with Gasteiger partial charge in [0.2, 0.25) is 0 Å². The molecule has 0 aliphatic heterocycles. The number of nitrogens with one attached hydrogen (secondary N) is 1. The fourth-order valence-electron chi connectivity index (χ4n) is 2.23. The molecule has 4 heteroatoms. The quantitative estimate of drug-likeness (QED) is 0.822. The van der Waals surface area contributed by atoms with E-state index in [1.54, 1.807) is 14.2 Å². The molecule has 1 aliphatic carbocycles. The van der Waals surface area contributed by atoms with Crippen LogP contribution in [0.25, 0.3) is 0 Å². The highest BCUT2D eigenvalue weighted by Gasteiger charge is 2.20. The lowest BCUT2D eigenvalue weighted by Gasteiger charge is -2.14. The van der Waals surface area contributed by atoms with E-state index in [2.05, 4.69) is 11.5 Å². The summed E-state index contributed by atoms with van der Waals surface area (Å²) in [6.07, 6.45) is 3.35. The number of methoxy groups -OCH3 is 1. The minimum absolute atomic E-state index is 0.604. The van der Waals surface area contributed by atoms with Crippen LogP contribution in [0.3, 0.4) is 0 Å². The highest BCUT2D eigenvalue weighted by atomic mass is 35.5. The molecule has 0 radical (unpaired) electrons. The van der Waals surface area contributed by atoms with Crippen molar-refractivity contribution >= 4 is 11.6 Å². The summed E-state index contributed by atoms with van der Waals surface area (Å²) in [5.74, 6) is 0.770. The molecule has 0 aromatic heterocycles. The Hall–Kier alpha value is -0.770. The Kier molecular flexibility index (Phi) is 3.69. The van der Waals surface area contributed by atoms with Crippen molar-refractivity contribution in [3.05, 3.63) is 27.8 Å². The SMILES string of the molecule is CONCc1cc2c(c(Cl)c1OC)CCC2.